The number of nitrogens with two attached hydrogens (primary N) is 1. The third-order valence-electron chi connectivity index (χ3n) is 4.12. The highest BCUT2D eigenvalue weighted by Crippen LogP contribution is 2.29. The lowest BCUT2D eigenvalue weighted by atomic mass is 10.1. The van der Waals surface area contributed by atoms with Crippen LogP contribution in [0.5, 0.6) is 0 Å². The number of hydrogen-bond donors (Lipinski definition) is 1. The standard InChI is InChI=1S/C16H19ClF2N4/c17-15-16(20)23(10-14(18)19)13-6-7-22(9-12(13)21-15)8-11-4-2-1-3-5-11/h1-5,14,16H,6-10,20H2. The normalized spacial score (nSPS) is 22.4. The average molecular weight is 341 g/mol. The molecule has 1 aromatic rings. The lowest BCUT2D eigenvalue weighted by molar-refractivity contribution is 0.0895. The molecule has 23 heavy (non-hydrogen) atoms. The van der Waals surface area contributed by atoms with Crippen LogP contribution in [0.3, 0.4) is 0 Å². The molecule has 1 atom stereocenters. The Morgan fingerprint density at radius 1 is 1.30 bits per heavy atom. The summed E-state index contributed by atoms with van der Waals surface area (Å²) in [5.41, 5.74) is 8.68. The number of hydrogen-bond acceptors (Lipinski definition) is 4. The molecule has 0 radical (unpaired) electrons. The first-order valence-electron chi connectivity index (χ1n) is 7.57. The zero-order valence-electron chi connectivity index (χ0n) is 12.6. The Labute approximate surface area is 139 Å². The molecule has 0 fully saturated rings. The van der Waals surface area contributed by atoms with E-state index in [0.29, 0.717) is 13.0 Å². The maximum absolute atomic E-state index is 12.8. The molecule has 0 saturated heterocycles. The molecule has 0 aromatic heterocycles. The molecule has 2 N–H and O–H groups in total. The van der Waals surface area contributed by atoms with E-state index in [0.717, 1.165) is 24.5 Å². The highest BCUT2D eigenvalue weighted by molar-refractivity contribution is 6.66. The molecule has 0 amide bonds. The summed E-state index contributed by atoms with van der Waals surface area (Å²) < 4.78 is 25.7. The minimum Gasteiger partial charge on any atom is -0.346 e. The smallest absolute Gasteiger partial charge is 0.255 e. The second-order valence-electron chi connectivity index (χ2n) is 5.76. The van der Waals surface area contributed by atoms with E-state index in [9.17, 15) is 8.78 Å². The first kappa shape index (κ1) is 16.4. The predicted molar refractivity (Wildman–Crippen MR) is 87.3 cm³/mol. The zero-order valence-corrected chi connectivity index (χ0v) is 13.4. The molecule has 0 aliphatic carbocycles. The number of aliphatic imine (C=N–C) groups is 1. The molecule has 0 bridgehead atoms. The molecule has 2 aliphatic heterocycles. The van der Waals surface area contributed by atoms with Crippen LogP contribution in [0.15, 0.2) is 46.7 Å². The molecule has 124 valence electrons. The Hall–Kier alpha value is -1.50. The van der Waals surface area contributed by atoms with Gasteiger partial charge in [0.05, 0.1) is 12.2 Å². The quantitative estimate of drug-likeness (QED) is 0.916. The Balaban J connectivity index is 1.76. The first-order valence-corrected chi connectivity index (χ1v) is 7.95. The molecule has 7 heteroatoms. The van der Waals surface area contributed by atoms with E-state index in [2.05, 4.69) is 22.0 Å². The van der Waals surface area contributed by atoms with Crippen molar-refractivity contribution in [3.63, 3.8) is 0 Å². The summed E-state index contributed by atoms with van der Waals surface area (Å²) in [5, 5.41) is 0.172. The molecule has 4 nitrogen and oxygen atoms in total. The SMILES string of the molecule is NC1C(Cl)=NC2=C(CCN(Cc3ccccc3)C2)N1CC(F)F. The van der Waals surface area contributed by atoms with Crippen LogP contribution in [0.25, 0.3) is 0 Å². The fourth-order valence-electron chi connectivity index (χ4n) is 3.04. The van der Waals surface area contributed by atoms with Crippen LogP contribution in [-0.2, 0) is 6.54 Å². The van der Waals surface area contributed by atoms with Gasteiger partial charge in [-0.2, -0.15) is 0 Å². The van der Waals surface area contributed by atoms with Gasteiger partial charge in [-0.05, 0) is 5.56 Å². The second kappa shape index (κ2) is 6.95. The molecule has 2 aliphatic rings. The number of nitrogens with zero attached hydrogens (tertiary/aromatic N) is 3. The number of alkyl halides is 2. The van der Waals surface area contributed by atoms with Crippen LogP contribution in [0, 0.1) is 0 Å². The third kappa shape index (κ3) is 3.71. The molecule has 3 rings (SSSR count). The topological polar surface area (TPSA) is 44.9 Å². The van der Waals surface area contributed by atoms with Crippen LogP contribution < -0.4 is 5.73 Å². The van der Waals surface area contributed by atoms with Gasteiger partial charge >= 0.3 is 0 Å². The van der Waals surface area contributed by atoms with E-state index in [1.807, 2.05) is 18.2 Å². The highest BCUT2D eigenvalue weighted by atomic mass is 35.5. The van der Waals surface area contributed by atoms with E-state index >= 15 is 0 Å². The van der Waals surface area contributed by atoms with Crippen LogP contribution in [0.4, 0.5) is 8.78 Å². The lowest BCUT2D eigenvalue weighted by Gasteiger charge is -2.40. The molecule has 1 unspecified atom stereocenters. The number of halogens is 3. The van der Waals surface area contributed by atoms with Crippen molar-refractivity contribution in [1.29, 1.82) is 0 Å². The van der Waals surface area contributed by atoms with Crippen molar-refractivity contribution < 1.29 is 8.78 Å². The summed E-state index contributed by atoms with van der Waals surface area (Å²) in [5.74, 6) is 0. The number of rotatable bonds is 4. The summed E-state index contributed by atoms with van der Waals surface area (Å²) in [6.07, 6.45) is -2.58. The Bertz CT molecular complexity index is 618. The van der Waals surface area contributed by atoms with Gasteiger partial charge in [-0.25, -0.2) is 13.8 Å². The summed E-state index contributed by atoms with van der Waals surface area (Å²) in [4.78, 5) is 8.07. The summed E-state index contributed by atoms with van der Waals surface area (Å²) in [6, 6.07) is 10.1. The summed E-state index contributed by atoms with van der Waals surface area (Å²) in [7, 11) is 0. The Morgan fingerprint density at radius 3 is 2.74 bits per heavy atom. The van der Waals surface area contributed by atoms with Gasteiger partial charge in [-0.3, -0.25) is 4.90 Å². The average Bonchev–Trinajstić information content (AvgIpc) is 2.52. The molecular formula is C16H19ClF2N4. The highest BCUT2D eigenvalue weighted by Gasteiger charge is 2.33. The Morgan fingerprint density at radius 2 is 2.04 bits per heavy atom. The fraction of sp³-hybridized carbons (Fsp3) is 0.438. The van der Waals surface area contributed by atoms with Gasteiger partial charge in [0.2, 0.25) is 0 Å². The van der Waals surface area contributed by atoms with E-state index in [1.54, 1.807) is 0 Å². The van der Waals surface area contributed by atoms with E-state index in [1.165, 1.54) is 10.5 Å². The molecule has 0 spiro atoms. The zero-order chi connectivity index (χ0) is 16.4. The van der Waals surface area contributed by atoms with Gasteiger partial charge in [0.1, 0.15) is 11.3 Å². The molecule has 1 aromatic carbocycles. The van der Waals surface area contributed by atoms with Crippen molar-refractivity contribution in [2.24, 2.45) is 10.7 Å². The minimum absolute atomic E-state index is 0.172. The van der Waals surface area contributed by atoms with Crippen molar-refractivity contribution in [3.05, 3.63) is 47.3 Å². The van der Waals surface area contributed by atoms with Crippen LogP contribution >= 0.6 is 11.6 Å². The van der Waals surface area contributed by atoms with Gasteiger partial charge < -0.3 is 10.6 Å². The van der Waals surface area contributed by atoms with Crippen molar-refractivity contribution in [1.82, 2.24) is 9.80 Å². The maximum Gasteiger partial charge on any atom is 0.255 e. The van der Waals surface area contributed by atoms with Crippen molar-refractivity contribution >= 4 is 16.8 Å². The van der Waals surface area contributed by atoms with Gasteiger partial charge in [0.15, 0.2) is 0 Å². The van der Waals surface area contributed by atoms with Crippen LogP contribution in [0.1, 0.15) is 12.0 Å². The van der Waals surface area contributed by atoms with E-state index < -0.39 is 19.1 Å². The second-order valence-corrected chi connectivity index (χ2v) is 6.15. The molecular weight excluding hydrogens is 322 g/mol. The third-order valence-corrected chi connectivity index (χ3v) is 4.43. The van der Waals surface area contributed by atoms with Gasteiger partial charge in [0, 0.05) is 31.8 Å². The summed E-state index contributed by atoms with van der Waals surface area (Å²) >= 11 is 6.06. The van der Waals surface area contributed by atoms with Crippen molar-refractivity contribution in [2.45, 2.75) is 25.6 Å². The minimum atomic E-state index is -2.46. The number of benzene rings is 1. The fourth-order valence-corrected chi connectivity index (χ4v) is 3.26. The van der Waals surface area contributed by atoms with Gasteiger partial charge in [-0.15, -0.1) is 0 Å². The van der Waals surface area contributed by atoms with E-state index in [4.69, 9.17) is 17.3 Å². The Kier molecular flexibility index (Phi) is 4.94. The first-order chi connectivity index (χ1) is 11.0. The van der Waals surface area contributed by atoms with Crippen LogP contribution in [0.2, 0.25) is 0 Å². The largest absolute Gasteiger partial charge is 0.346 e. The lowest BCUT2D eigenvalue weighted by Crippen LogP contribution is -2.52. The van der Waals surface area contributed by atoms with Crippen molar-refractivity contribution in [3.8, 4) is 0 Å². The van der Waals surface area contributed by atoms with Crippen molar-refractivity contribution in [2.75, 3.05) is 19.6 Å². The maximum atomic E-state index is 12.8. The van der Waals surface area contributed by atoms with Crippen LogP contribution in [-0.4, -0.2) is 47.2 Å². The predicted octanol–water partition coefficient (Wildman–Crippen LogP) is 2.61. The monoisotopic (exact) mass is 340 g/mol. The van der Waals surface area contributed by atoms with E-state index in [-0.39, 0.29) is 5.17 Å². The molecule has 0 saturated carbocycles. The summed E-state index contributed by atoms with van der Waals surface area (Å²) in [6.45, 7) is 1.76. The van der Waals surface area contributed by atoms with Gasteiger partial charge in [0.25, 0.3) is 6.43 Å². The van der Waals surface area contributed by atoms with Gasteiger partial charge in [-0.1, -0.05) is 41.9 Å². The molecule has 2 heterocycles.